The zero-order valence-corrected chi connectivity index (χ0v) is 20.0. The number of amides is 2. The summed E-state index contributed by atoms with van der Waals surface area (Å²) in [6, 6.07) is 15.1. The van der Waals surface area contributed by atoms with E-state index < -0.39 is 18.1 Å². The molecular formula is C27H33N3O5. The number of carboxylic acid groups (broad SMARTS) is 1. The number of fused-ring (bicyclic) bond motifs is 3. The summed E-state index contributed by atoms with van der Waals surface area (Å²) >= 11 is 0. The van der Waals surface area contributed by atoms with E-state index in [4.69, 9.17) is 9.84 Å². The summed E-state index contributed by atoms with van der Waals surface area (Å²) in [5.74, 6) is -1.14. The van der Waals surface area contributed by atoms with Gasteiger partial charge in [-0.1, -0.05) is 55.5 Å². The van der Waals surface area contributed by atoms with Crippen molar-refractivity contribution >= 4 is 18.0 Å². The molecule has 35 heavy (non-hydrogen) atoms. The van der Waals surface area contributed by atoms with E-state index in [1.807, 2.05) is 36.4 Å². The second-order valence-electron chi connectivity index (χ2n) is 9.25. The van der Waals surface area contributed by atoms with E-state index in [-0.39, 0.29) is 31.3 Å². The van der Waals surface area contributed by atoms with Crippen molar-refractivity contribution in [3.8, 4) is 11.1 Å². The topological polar surface area (TPSA) is 108 Å². The van der Waals surface area contributed by atoms with Gasteiger partial charge in [-0.2, -0.15) is 0 Å². The van der Waals surface area contributed by atoms with Gasteiger partial charge in [0.25, 0.3) is 0 Å². The SMILES string of the molecule is CCN1CCC(CNC(=O)C(CCC(=O)O)NC(=O)OCC2c3ccccc3-c3ccccc32)C1. The summed E-state index contributed by atoms with van der Waals surface area (Å²) in [5, 5.41) is 14.6. The molecule has 8 nitrogen and oxygen atoms in total. The number of ether oxygens (including phenoxy) is 1. The van der Waals surface area contributed by atoms with Gasteiger partial charge >= 0.3 is 12.1 Å². The zero-order chi connectivity index (χ0) is 24.8. The first-order chi connectivity index (χ1) is 17.0. The smallest absolute Gasteiger partial charge is 0.407 e. The van der Waals surface area contributed by atoms with E-state index in [1.54, 1.807) is 0 Å². The number of rotatable bonds is 10. The third-order valence-corrected chi connectivity index (χ3v) is 6.98. The van der Waals surface area contributed by atoms with Crippen molar-refractivity contribution in [2.75, 3.05) is 32.8 Å². The van der Waals surface area contributed by atoms with Crippen LogP contribution in [0.4, 0.5) is 4.79 Å². The highest BCUT2D eigenvalue weighted by Gasteiger charge is 2.30. The maximum Gasteiger partial charge on any atom is 0.407 e. The van der Waals surface area contributed by atoms with Crippen LogP contribution in [0.15, 0.2) is 48.5 Å². The number of hydrogen-bond donors (Lipinski definition) is 3. The predicted molar refractivity (Wildman–Crippen MR) is 132 cm³/mol. The van der Waals surface area contributed by atoms with Crippen molar-refractivity contribution in [3.63, 3.8) is 0 Å². The third kappa shape index (κ3) is 6.00. The summed E-state index contributed by atoms with van der Waals surface area (Å²) in [6.45, 7) is 5.66. The fraction of sp³-hybridized carbons (Fsp3) is 0.444. The molecule has 2 aromatic carbocycles. The number of carbonyl (C=O) groups excluding carboxylic acids is 2. The van der Waals surface area contributed by atoms with Gasteiger partial charge in [0.2, 0.25) is 5.91 Å². The molecule has 2 amide bonds. The Morgan fingerprint density at radius 2 is 1.74 bits per heavy atom. The predicted octanol–water partition coefficient (Wildman–Crippen LogP) is 3.22. The lowest BCUT2D eigenvalue weighted by Crippen LogP contribution is -2.48. The first-order valence-corrected chi connectivity index (χ1v) is 12.3. The van der Waals surface area contributed by atoms with E-state index in [0.717, 1.165) is 48.3 Å². The molecule has 1 heterocycles. The van der Waals surface area contributed by atoms with Gasteiger partial charge in [-0.05, 0) is 54.1 Å². The van der Waals surface area contributed by atoms with Crippen LogP contribution < -0.4 is 10.6 Å². The molecule has 2 atom stereocenters. The van der Waals surface area contributed by atoms with E-state index in [0.29, 0.717) is 12.5 Å². The van der Waals surface area contributed by atoms with Gasteiger partial charge in [0.15, 0.2) is 0 Å². The summed E-state index contributed by atoms with van der Waals surface area (Å²) in [6.07, 6.45) is 0.0509. The minimum atomic E-state index is -1.02. The van der Waals surface area contributed by atoms with Crippen LogP contribution in [0.1, 0.15) is 43.2 Å². The molecule has 0 saturated carbocycles. The quantitative estimate of drug-likeness (QED) is 0.483. The summed E-state index contributed by atoms with van der Waals surface area (Å²) in [7, 11) is 0. The number of carboxylic acids is 1. The minimum absolute atomic E-state index is 0.00286. The van der Waals surface area contributed by atoms with E-state index in [1.165, 1.54) is 0 Å². The number of carbonyl (C=O) groups is 3. The molecule has 186 valence electrons. The molecule has 2 unspecified atom stereocenters. The van der Waals surface area contributed by atoms with Gasteiger partial charge in [0, 0.05) is 25.4 Å². The number of likely N-dealkylation sites (tertiary alicyclic amines) is 1. The van der Waals surface area contributed by atoms with Crippen LogP contribution in [0, 0.1) is 5.92 Å². The summed E-state index contributed by atoms with van der Waals surface area (Å²) < 4.78 is 5.55. The van der Waals surface area contributed by atoms with E-state index >= 15 is 0 Å². The minimum Gasteiger partial charge on any atom is -0.481 e. The molecule has 0 radical (unpaired) electrons. The van der Waals surface area contributed by atoms with Gasteiger partial charge in [0.1, 0.15) is 12.6 Å². The second kappa shape index (κ2) is 11.4. The van der Waals surface area contributed by atoms with Crippen LogP contribution in [0.2, 0.25) is 0 Å². The Morgan fingerprint density at radius 3 is 2.34 bits per heavy atom. The maximum absolute atomic E-state index is 12.8. The first-order valence-electron chi connectivity index (χ1n) is 12.3. The van der Waals surface area contributed by atoms with Crippen molar-refractivity contribution < 1.29 is 24.2 Å². The molecule has 8 heteroatoms. The summed E-state index contributed by atoms with van der Waals surface area (Å²) in [4.78, 5) is 38.9. The molecule has 1 aliphatic carbocycles. The first kappa shape index (κ1) is 24.7. The molecule has 1 aliphatic heterocycles. The fourth-order valence-electron chi connectivity index (χ4n) is 5.05. The highest BCUT2D eigenvalue weighted by Crippen LogP contribution is 2.44. The molecule has 0 bridgehead atoms. The molecule has 3 N–H and O–H groups in total. The van der Waals surface area contributed by atoms with Crippen molar-refractivity contribution in [3.05, 3.63) is 59.7 Å². The lowest BCUT2D eigenvalue weighted by atomic mass is 9.98. The standard InChI is InChI=1S/C27H33N3O5/c1-2-30-14-13-18(16-30)15-28-26(33)24(11-12-25(31)32)29-27(34)35-17-23-21-9-5-3-7-19(21)20-8-4-6-10-22(20)23/h3-10,18,23-24H,2,11-17H2,1H3,(H,28,33)(H,29,34)(H,31,32). The summed E-state index contributed by atoms with van der Waals surface area (Å²) in [5.41, 5.74) is 4.45. The number of nitrogens with one attached hydrogen (secondary N) is 2. The van der Waals surface area contributed by atoms with E-state index in [9.17, 15) is 14.4 Å². The Hall–Kier alpha value is -3.39. The lowest BCUT2D eigenvalue weighted by Gasteiger charge is -2.20. The number of hydrogen-bond acceptors (Lipinski definition) is 5. The average molecular weight is 480 g/mol. The van der Waals surface area contributed by atoms with Crippen LogP contribution in [0.25, 0.3) is 11.1 Å². The number of alkyl carbamates (subject to hydrolysis) is 1. The highest BCUT2D eigenvalue weighted by molar-refractivity contribution is 5.86. The third-order valence-electron chi connectivity index (χ3n) is 6.98. The Bertz CT molecular complexity index is 1030. The lowest BCUT2D eigenvalue weighted by molar-refractivity contribution is -0.137. The normalized spacial score (nSPS) is 17.9. The van der Waals surface area contributed by atoms with Gasteiger partial charge in [-0.3, -0.25) is 9.59 Å². The van der Waals surface area contributed by atoms with Crippen LogP contribution >= 0.6 is 0 Å². The van der Waals surface area contributed by atoms with Crippen molar-refractivity contribution in [2.24, 2.45) is 5.92 Å². The van der Waals surface area contributed by atoms with Gasteiger partial charge in [0.05, 0.1) is 0 Å². The van der Waals surface area contributed by atoms with Crippen LogP contribution in [-0.2, 0) is 14.3 Å². The van der Waals surface area contributed by atoms with Crippen LogP contribution in [0.5, 0.6) is 0 Å². The van der Waals surface area contributed by atoms with Gasteiger partial charge < -0.3 is 25.4 Å². The van der Waals surface area contributed by atoms with Gasteiger partial charge in [-0.15, -0.1) is 0 Å². The number of nitrogens with zero attached hydrogens (tertiary/aromatic N) is 1. The number of aliphatic carboxylic acids is 1. The molecule has 2 aliphatic rings. The van der Waals surface area contributed by atoms with Crippen molar-refractivity contribution in [1.29, 1.82) is 0 Å². The van der Waals surface area contributed by atoms with Crippen LogP contribution in [0.3, 0.4) is 0 Å². The Morgan fingerprint density at radius 1 is 1.09 bits per heavy atom. The largest absolute Gasteiger partial charge is 0.481 e. The van der Waals surface area contributed by atoms with Crippen molar-refractivity contribution in [1.82, 2.24) is 15.5 Å². The number of benzene rings is 2. The second-order valence-corrected chi connectivity index (χ2v) is 9.25. The zero-order valence-electron chi connectivity index (χ0n) is 20.0. The molecular weight excluding hydrogens is 446 g/mol. The Balaban J connectivity index is 1.35. The van der Waals surface area contributed by atoms with Crippen molar-refractivity contribution in [2.45, 2.75) is 38.1 Å². The monoisotopic (exact) mass is 479 g/mol. The Kier molecular flexibility index (Phi) is 8.02. The molecule has 0 spiro atoms. The van der Waals surface area contributed by atoms with Crippen LogP contribution in [-0.4, -0.2) is 66.8 Å². The molecule has 2 aromatic rings. The molecule has 4 rings (SSSR count). The molecule has 1 fully saturated rings. The Labute approximate surface area is 205 Å². The molecule has 0 aromatic heterocycles. The van der Waals surface area contributed by atoms with Gasteiger partial charge in [-0.25, -0.2) is 4.79 Å². The fourth-order valence-corrected chi connectivity index (χ4v) is 5.05. The average Bonchev–Trinajstić information content (AvgIpc) is 3.46. The molecule has 1 saturated heterocycles. The maximum atomic E-state index is 12.8. The van der Waals surface area contributed by atoms with E-state index in [2.05, 4.69) is 34.6 Å². The highest BCUT2D eigenvalue weighted by atomic mass is 16.5.